The summed E-state index contributed by atoms with van der Waals surface area (Å²) in [5.74, 6) is 12.0. The van der Waals surface area contributed by atoms with Gasteiger partial charge in [-0.2, -0.15) is 0 Å². The molecule has 0 heterocycles. The Kier molecular flexibility index (Phi) is 5.68. The van der Waals surface area contributed by atoms with Crippen LogP contribution in [-0.2, 0) is 0 Å². The highest BCUT2D eigenvalue weighted by atomic mass is 14.6. The Morgan fingerprint density at radius 1 is 0.885 bits per heavy atom. The Morgan fingerprint density at radius 2 is 1.54 bits per heavy atom. The maximum atomic E-state index is 8.86. The molecule has 0 unspecified atom stereocenters. The molecule has 1 heteroatoms. The maximum absolute atomic E-state index is 8.86. The van der Waals surface area contributed by atoms with E-state index in [0.717, 1.165) is 53.5 Å². The predicted molar refractivity (Wildman–Crippen MR) is 110 cm³/mol. The van der Waals surface area contributed by atoms with E-state index in [1.807, 2.05) is 43.3 Å². The van der Waals surface area contributed by atoms with Gasteiger partial charge in [-0.15, -0.1) is 5.92 Å². The van der Waals surface area contributed by atoms with Crippen molar-refractivity contribution < 1.29 is 1.37 Å². The summed E-state index contributed by atoms with van der Waals surface area (Å²) in [5, 5.41) is 0. The fourth-order valence-electron chi connectivity index (χ4n) is 3.32. The molecule has 1 fully saturated rings. The van der Waals surface area contributed by atoms with Gasteiger partial charge in [-0.25, -0.2) is 0 Å². The third-order valence-corrected chi connectivity index (χ3v) is 4.64. The Bertz CT molecular complexity index is 1010. The van der Waals surface area contributed by atoms with Crippen molar-refractivity contribution in [1.29, 1.82) is 0 Å². The van der Waals surface area contributed by atoms with Crippen molar-refractivity contribution in [1.82, 2.24) is 0 Å². The van der Waals surface area contributed by atoms with Gasteiger partial charge in [0.2, 0.25) is 0 Å². The molecule has 2 aromatic rings. The molecule has 1 nitrogen and oxygen atoms in total. The van der Waals surface area contributed by atoms with E-state index < -0.39 is 5.89 Å². The summed E-state index contributed by atoms with van der Waals surface area (Å²) in [6.45, 7) is 1.83. The van der Waals surface area contributed by atoms with E-state index in [2.05, 4.69) is 40.7 Å². The average Bonchev–Trinajstić information content (AvgIpc) is 2.69. The molecule has 2 aromatic carbocycles. The van der Waals surface area contributed by atoms with Gasteiger partial charge in [-0.1, -0.05) is 60.1 Å². The molecule has 0 bridgehead atoms. The third-order valence-electron chi connectivity index (χ3n) is 4.64. The molecule has 0 spiro atoms. The van der Waals surface area contributed by atoms with Crippen LogP contribution in [0, 0.1) is 29.8 Å². The van der Waals surface area contributed by atoms with Crippen molar-refractivity contribution in [2.24, 2.45) is 0 Å². The van der Waals surface area contributed by atoms with Crippen LogP contribution >= 0.6 is 0 Å². The average molecular weight is 339 g/mol. The molecule has 3 rings (SSSR count). The van der Waals surface area contributed by atoms with Crippen LogP contribution < -0.4 is 0 Å². The largest absolute Gasteiger partial charge is 0.311 e. The van der Waals surface area contributed by atoms with Crippen LogP contribution in [0.5, 0.6) is 0 Å². The standard InChI is InChI=1S/C25H24N/c1-3-9-20-12-7-8-13-22(20)14-15-23-16-17-24(18-25(23)19-26-2)21-10-5-4-6-11-21/h7-8,12-13,16-18,21H,4-6,10-11H2,1-2H3/q+1/i21D. The lowest BCUT2D eigenvalue weighted by atomic mass is 9.83. The van der Waals surface area contributed by atoms with Gasteiger partial charge in [0.05, 0.1) is 0 Å². The summed E-state index contributed by atoms with van der Waals surface area (Å²) in [6, 6.07) is 17.1. The fourth-order valence-corrected chi connectivity index (χ4v) is 3.32. The second kappa shape index (κ2) is 8.94. The third kappa shape index (κ3) is 4.36. The van der Waals surface area contributed by atoms with E-state index in [1.54, 1.807) is 7.05 Å². The zero-order valence-electron chi connectivity index (χ0n) is 16.5. The van der Waals surface area contributed by atoms with Gasteiger partial charge >= 0.3 is 6.07 Å². The maximum Gasteiger partial charge on any atom is 0.311 e. The van der Waals surface area contributed by atoms with E-state index in [9.17, 15) is 0 Å². The molecular formula is C25H24N+. The van der Waals surface area contributed by atoms with Crippen LogP contribution in [-0.4, -0.2) is 7.05 Å². The van der Waals surface area contributed by atoms with E-state index in [4.69, 9.17) is 1.37 Å². The van der Waals surface area contributed by atoms with Crippen molar-refractivity contribution in [3.8, 4) is 29.8 Å². The molecule has 1 saturated carbocycles. The molecule has 0 aromatic heterocycles. The number of hydrogen-bond acceptors (Lipinski definition) is 0. The lowest BCUT2D eigenvalue weighted by Crippen LogP contribution is -2.05. The summed E-state index contributed by atoms with van der Waals surface area (Å²) < 4.78 is 8.86. The van der Waals surface area contributed by atoms with Crippen LogP contribution in [0.1, 0.15) is 74.1 Å². The summed E-state index contributed by atoms with van der Waals surface area (Å²) >= 11 is 0. The van der Waals surface area contributed by atoms with Gasteiger partial charge in [-0.3, -0.25) is 0 Å². The molecule has 0 aliphatic heterocycles. The first-order valence-electron chi connectivity index (χ1n) is 9.69. The minimum atomic E-state index is -0.488. The van der Waals surface area contributed by atoms with Gasteiger partial charge in [0.25, 0.3) is 7.05 Å². The first-order valence-corrected chi connectivity index (χ1v) is 9.19. The lowest BCUT2D eigenvalue weighted by molar-refractivity contribution is 0.443. The summed E-state index contributed by atoms with van der Waals surface area (Å²) in [4.78, 5) is 4.08. The zero-order chi connectivity index (χ0) is 19.1. The van der Waals surface area contributed by atoms with Gasteiger partial charge in [0.1, 0.15) is 5.56 Å². The fraction of sp³-hybridized carbons (Fsp3) is 0.320. The molecule has 26 heavy (non-hydrogen) atoms. The Hall–Kier alpha value is -2.95. The summed E-state index contributed by atoms with van der Waals surface area (Å²) in [7, 11) is 1.72. The summed E-state index contributed by atoms with van der Waals surface area (Å²) in [5.41, 5.74) is 4.64. The Morgan fingerprint density at radius 3 is 2.19 bits per heavy atom. The van der Waals surface area contributed by atoms with Crippen molar-refractivity contribution >= 4 is 0 Å². The van der Waals surface area contributed by atoms with Gasteiger partial charge in [-0.05, 0) is 55.5 Å². The van der Waals surface area contributed by atoms with Crippen LogP contribution in [0.2, 0.25) is 0 Å². The van der Waals surface area contributed by atoms with Crippen molar-refractivity contribution in [3.63, 3.8) is 0 Å². The highest BCUT2D eigenvalue weighted by molar-refractivity contribution is 5.56. The minimum Gasteiger partial charge on any atom is -0.101 e. The molecule has 0 saturated heterocycles. The molecule has 0 atom stereocenters. The van der Waals surface area contributed by atoms with Crippen LogP contribution in [0.25, 0.3) is 4.85 Å². The first-order chi connectivity index (χ1) is 13.2. The molecular weight excluding hydrogens is 314 g/mol. The van der Waals surface area contributed by atoms with E-state index in [-0.39, 0.29) is 0 Å². The molecule has 1 aliphatic rings. The van der Waals surface area contributed by atoms with Crippen LogP contribution in [0.3, 0.4) is 0 Å². The van der Waals surface area contributed by atoms with Gasteiger partial charge < -0.3 is 0 Å². The second-order valence-corrected chi connectivity index (χ2v) is 6.43. The highest BCUT2D eigenvalue weighted by Crippen LogP contribution is 2.33. The van der Waals surface area contributed by atoms with Crippen molar-refractivity contribution in [3.05, 3.63) is 75.1 Å². The number of rotatable bonds is 1. The topological polar surface area (TPSA) is 4.36 Å². The smallest absolute Gasteiger partial charge is 0.101 e. The SMILES string of the molecule is [2H]C1(c2ccc(C#Cc3ccccc3C#CC)c(C#[N+]C)c2)CCCCC1. The highest BCUT2D eigenvalue weighted by Gasteiger charge is 2.17. The second-order valence-electron chi connectivity index (χ2n) is 6.43. The Labute approximate surface area is 158 Å². The van der Waals surface area contributed by atoms with Crippen LogP contribution in [0.4, 0.5) is 0 Å². The van der Waals surface area contributed by atoms with Gasteiger partial charge in [0.15, 0.2) is 0 Å². The van der Waals surface area contributed by atoms with E-state index in [0.29, 0.717) is 0 Å². The lowest BCUT2D eigenvalue weighted by Gasteiger charge is -2.22. The monoisotopic (exact) mass is 339 g/mol. The minimum absolute atomic E-state index is 0.488. The van der Waals surface area contributed by atoms with E-state index >= 15 is 0 Å². The Balaban J connectivity index is 2.00. The van der Waals surface area contributed by atoms with Crippen molar-refractivity contribution in [2.75, 3.05) is 7.05 Å². The summed E-state index contributed by atoms with van der Waals surface area (Å²) in [6.07, 6.45) is 5.33. The van der Waals surface area contributed by atoms with Crippen LogP contribution in [0.15, 0.2) is 42.5 Å². The van der Waals surface area contributed by atoms with Gasteiger partial charge in [0, 0.05) is 18.1 Å². The quantitative estimate of drug-likeness (QED) is 0.577. The number of benzene rings is 2. The van der Waals surface area contributed by atoms with E-state index in [1.165, 1.54) is 6.42 Å². The molecule has 0 N–H and O–H groups in total. The normalized spacial score (nSPS) is 15.2. The predicted octanol–water partition coefficient (Wildman–Crippen LogP) is 5.82. The number of nitrogens with zero attached hydrogens (tertiary/aromatic N) is 1. The molecule has 0 radical (unpaired) electrons. The van der Waals surface area contributed by atoms with Crippen molar-refractivity contribution in [2.45, 2.75) is 44.9 Å². The molecule has 0 amide bonds. The number of hydrogen-bond donors (Lipinski definition) is 0. The first kappa shape index (κ1) is 16.5. The zero-order valence-corrected chi connectivity index (χ0v) is 15.5. The molecule has 1 aliphatic carbocycles. The molecule has 128 valence electrons.